The maximum atomic E-state index is 12.1. The summed E-state index contributed by atoms with van der Waals surface area (Å²) in [5.41, 5.74) is -0.478. The van der Waals surface area contributed by atoms with E-state index in [1.54, 1.807) is 13.2 Å². The Hall–Kier alpha value is -2.12. The molecule has 0 bridgehead atoms. The molecule has 134 valence electrons. The number of nitrogens with one attached hydrogen (secondary N) is 1. The fourth-order valence-electron chi connectivity index (χ4n) is 3.90. The van der Waals surface area contributed by atoms with Crippen LogP contribution in [0.4, 0.5) is 0 Å². The summed E-state index contributed by atoms with van der Waals surface area (Å²) in [7, 11) is 1.65. The highest BCUT2D eigenvalue weighted by atomic mass is 16.5. The molecule has 4 heterocycles. The number of rotatable bonds is 3. The van der Waals surface area contributed by atoms with E-state index in [1.807, 2.05) is 25.3 Å². The number of carbonyl (C=O) groups is 1. The molecule has 4 rings (SSSR count). The number of hydrogen-bond acceptors (Lipinski definition) is 5. The van der Waals surface area contributed by atoms with Crippen molar-refractivity contribution in [2.75, 3.05) is 20.1 Å². The molecule has 1 spiro atoms. The molecule has 1 saturated heterocycles. The zero-order valence-electron chi connectivity index (χ0n) is 14.7. The molecule has 2 aliphatic rings. The molecule has 2 aliphatic heterocycles. The van der Waals surface area contributed by atoms with E-state index in [-0.39, 0.29) is 5.91 Å². The quantitative estimate of drug-likeness (QED) is 0.912. The molecule has 1 unspecified atom stereocenters. The van der Waals surface area contributed by atoms with Gasteiger partial charge in [-0.25, -0.2) is 4.98 Å². The summed E-state index contributed by atoms with van der Waals surface area (Å²) in [4.78, 5) is 19.0. The summed E-state index contributed by atoms with van der Waals surface area (Å²) >= 11 is 0. The Morgan fingerprint density at radius 2 is 2.20 bits per heavy atom. The fourth-order valence-corrected chi connectivity index (χ4v) is 3.90. The third-order valence-corrected chi connectivity index (χ3v) is 5.23. The lowest BCUT2D eigenvalue weighted by Crippen LogP contribution is -2.53. The minimum atomic E-state index is -0.478. The van der Waals surface area contributed by atoms with Crippen LogP contribution in [0.1, 0.15) is 30.2 Å². The van der Waals surface area contributed by atoms with Gasteiger partial charge < -0.3 is 19.0 Å². The van der Waals surface area contributed by atoms with Crippen LogP contribution < -0.4 is 5.32 Å². The molecule has 1 atom stereocenters. The summed E-state index contributed by atoms with van der Waals surface area (Å²) in [6, 6.07) is 4.03. The minimum Gasteiger partial charge on any atom is -0.465 e. The molecule has 2 aromatic heterocycles. The van der Waals surface area contributed by atoms with Gasteiger partial charge in [0, 0.05) is 32.5 Å². The highest BCUT2D eigenvalue weighted by Gasteiger charge is 2.46. The zero-order chi connectivity index (χ0) is 17.4. The van der Waals surface area contributed by atoms with E-state index in [0.717, 1.165) is 49.8 Å². The summed E-state index contributed by atoms with van der Waals surface area (Å²) in [6.07, 6.45) is 4.90. The zero-order valence-corrected chi connectivity index (χ0v) is 14.7. The average molecular weight is 344 g/mol. The molecule has 1 N–H and O–H groups in total. The topological polar surface area (TPSA) is 72.5 Å². The first-order chi connectivity index (χ1) is 12.1. The Morgan fingerprint density at radius 3 is 2.88 bits per heavy atom. The van der Waals surface area contributed by atoms with Crippen LogP contribution in [0.25, 0.3) is 0 Å². The third kappa shape index (κ3) is 2.98. The number of hydrogen-bond donors (Lipinski definition) is 1. The lowest BCUT2D eigenvalue weighted by molar-refractivity contribution is -0.173. The van der Waals surface area contributed by atoms with Crippen molar-refractivity contribution < 1.29 is 13.9 Å². The molecule has 0 aliphatic carbocycles. The van der Waals surface area contributed by atoms with E-state index in [2.05, 4.69) is 19.8 Å². The molecule has 1 fully saturated rings. The lowest BCUT2D eigenvalue weighted by atomic mass is 9.88. The maximum absolute atomic E-state index is 12.1. The van der Waals surface area contributed by atoms with Crippen molar-refractivity contribution in [3.8, 4) is 0 Å². The number of aromatic nitrogens is 2. The van der Waals surface area contributed by atoms with E-state index in [0.29, 0.717) is 6.54 Å². The fraction of sp³-hybridized carbons (Fsp3) is 0.556. The average Bonchev–Trinajstić information content (AvgIpc) is 3.25. The van der Waals surface area contributed by atoms with Crippen LogP contribution in [-0.2, 0) is 28.2 Å². The molecule has 0 aromatic carbocycles. The first kappa shape index (κ1) is 16.4. The molecule has 7 heteroatoms. The summed E-state index contributed by atoms with van der Waals surface area (Å²) in [5, 5.41) is 2.70. The third-order valence-electron chi connectivity index (χ3n) is 5.23. The number of nitrogens with zero attached hydrogens (tertiary/aromatic N) is 3. The maximum Gasteiger partial charge on any atom is 0.250 e. The van der Waals surface area contributed by atoms with Crippen LogP contribution in [0.2, 0.25) is 0 Å². The number of ether oxygens (including phenoxy) is 1. The standard InChI is InChI=1S/C18H24N4O3/c1-13-3-4-14(24-13)11-21-8-5-18(6-9-21)17-20-7-10-22(17)12-15(25-18)16(23)19-2/h3-4,7,10,15H,5-6,8-9,11-12H2,1-2H3,(H,19,23). The first-order valence-corrected chi connectivity index (χ1v) is 8.78. The first-order valence-electron chi connectivity index (χ1n) is 8.78. The van der Waals surface area contributed by atoms with Crippen LogP contribution in [-0.4, -0.2) is 46.6 Å². The SMILES string of the molecule is CNC(=O)C1Cn2ccnc2C2(CCN(Cc3ccc(C)o3)CC2)O1. The number of likely N-dealkylation sites (tertiary alicyclic amines) is 1. The summed E-state index contributed by atoms with van der Waals surface area (Å²) < 4.78 is 14.1. The molecule has 0 saturated carbocycles. The molecule has 2 aromatic rings. The number of carbonyl (C=O) groups excluding carboxylic acids is 1. The number of piperidine rings is 1. The Bertz CT molecular complexity index is 758. The Morgan fingerprint density at radius 1 is 1.40 bits per heavy atom. The predicted molar refractivity (Wildman–Crippen MR) is 90.8 cm³/mol. The monoisotopic (exact) mass is 344 g/mol. The van der Waals surface area contributed by atoms with Crippen molar-refractivity contribution in [2.45, 2.75) is 44.6 Å². The van der Waals surface area contributed by atoms with Crippen molar-refractivity contribution in [1.82, 2.24) is 19.8 Å². The van der Waals surface area contributed by atoms with Crippen molar-refractivity contribution >= 4 is 5.91 Å². The lowest BCUT2D eigenvalue weighted by Gasteiger charge is -2.45. The molecule has 0 radical (unpaired) electrons. The molecule has 25 heavy (non-hydrogen) atoms. The van der Waals surface area contributed by atoms with E-state index in [9.17, 15) is 4.79 Å². The summed E-state index contributed by atoms with van der Waals surface area (Å²) in [5.74, 6) is 2.80. The van der Waals surface area contributed by atoms with Gasteiger partial charge in [0.05, 0.1) is 13.1 Å². The molecule has 7 nitrogen and oxygen atoms in total. The van der Waals surface area contributed by atoms with Crippen molar-refractivity contribution in [1.29, 1.82) is 0 Å². The number of furan rings is 1. The Labute approximate surface area is 147 Å². The second-order valence-electron chi connectivity index (χ2n) is 6.91. The van der Waals surface area contributed by atoms with Crippen molar-refractivity contribution in [2.24, 2.45) is 0 Å². The van der Waals surface area contributed by atoms with Gasteiger partial charge in [-0.05, 0) is 31.9 Å². The smallest absolute Gasteiger partial charge is 0.250 e. The second kappa shape index (κ2) is 6.31. The van der Waals surface area contributed by atoms with Gasteiger partial charge in [-0.15, -0.1) is 0 Å². The van der Waals surface area contributed by atoms with Crippen LogP contribution in [0.15, 0.2) is 28.9 Å². The van der Waals surface area contributed by atoms with Gasteiger partial charge in [0.15, 0.2) is 6.10 Å². The predicted octanol–water partition coefficient (Wildman–Crippen LogP) is 1.42. The number of amides is 1. The molecule has 1 amide bonds. The normalized spacial score (nSPS) is 22.7. The van der Waals surface area contributed by atoms with E-state index < -0.39 is 11.7 Å². The highest BCUT2D eigenvalue weighted by molar-refractivity contribution is 5.80. The molecular formula is C18H24N4O3. The second-order valence-corrected chi connectivity index (χ2v) is 6.91. The van der Waals surface area contributed by atoms with Gasteiger partial charge in [-0.3, -0.25) is 9.69 Å². The van der Waals surface area contributed by atoms with Crippen molar-refractivity contribution in [3.63, 3.8) is 0 Å². The minimum absolute atomic E-state index is 0.0767. The van der Waals surface area contributed by atoms with Gasteiger partial charge in [0.1, 0.15) is 22.9 Å². The Balaban J connectivity index is 1.50. The number of fused-ring (bicyclic) bond motifs is 2. The largest absolute Gasteiger partial charge is 0.465 e. The van der Waals surface area contributed by atoms with Crippen LogP contribution in [0.3, 0.4) is 0 Å². The number of imidazole rings is 1. The van der Waals surface area contributed by atoms with Crippen LogP contribution in [0.5, 0.6) is 0 Å². The number of aryl methyl sites for hydroxylation is 1. The van der Waals surface area contributed by atoms with Gasteiger partial charge in [-0.1, -0.05) is 0 Å². The van der Waals surface area contributed by atoms with Crippen molar-refractivity contribution in [3.05, 3.63) is 41.9 Å². The van der Waals surface area contributed by atoms with Gasteiger partial charge in [-0.2, -0.15) is 0 Å². The highest BCUT2D eigenvalue weighted by Crippen LogP contribution is 2.40. The summed E-state index contributed by atoms with van der Waals surface area (Å²) in [6.45, 7) is 5.05. The Kier molecular flexibility index (Phi) is 4.13. The van der Waals surface area contributed by atoms with Crippen LogP contribution in [0, 0.1) is 6.92 Å². The van der Waals surface area contributed by atoms with Gasteiger partial charge in [0.2, 0.25) is 0 Å². The van der Waals surface area contributed by atoms with Crippen LogP contribution >= 0.6 is 0 Å². The van der Waals surface area contributed by atoms with E-state index in [1.165, 1.54) is 0 Å². The molecular weight excluding hydrogens is 320 g/mol. The van der Waals surface area contributed by atoms with E-state index in [4.69, 9.17) is 9.15 Å². The number of likely N-dealkylation sites (N-methyl/N-ethyl adjacent to an activating group) is 1. The van der Waals surface area contributed by atoms with E-state index >= 15 is 0 Å². The van der Waals surface area contributed by atoms with Gasteiger partial charge >= 0.3 is 0 Å². The van der Waals surface area contributed by atoms with Gasteiger partial charge in [0.25, 0.3) is 5.91 Å².